The molecule has 0 radical (unpaired) electrons. The molecular formula is C23H13NO3. The molecule has 3 aromatic carbocycles. The molecule has 0 saturated heterocycles. The molecule has 0 saturated carbocycles. The van der Waals surface area contributed by atoms with Gasteiger partial charge in [-0.05, 0) is 11.5 Å². The normalized spacial score (nSPS) is 12.7. The summed E-state index contributed by atoms with van der Waals surface area (Å²) in [6.45, 7) is 0. The van der Waals surface area contributed by atoms with Gasteiger partial charge in [0.05, 0.1) is 10.7 Å². The zero-order chi connectivity index (χ0) is 18.5. The van der Waals surface area contributed by atoms with Crippen molar-refractivity contribution in [1.82, 2.24) is 4.98 Å². The van der Waals surface area contributed by atoms with Gasteiger partial charge in [0.1, 0.15) is 5.76 Å². The maximum Gasteiger partial charge on any atom is 0.281 e. The van der Waals surface area contributed by atoms with Gasteiger partial charge in [-0.3, -0.25) is 9.59 Å². The lowest BCUT2D eigenvalue weighted by Gasteiger charge is -2.07. The Morgan fingerprint density at radius 1 is 0.704 bits per heavy atom. The van der Waals surface area contributed by atoms with E-state index >= 15 is 0 Å². The first-order valence-electron chi connectivity index (χ1n) is 8.56. The van der Waals surface area contributed by atoms with Crippen molar-refractivity contribution < 1.29 is 5.11 Å². The SMILES string of the molecule is O=c1nc2cccc3c2=c(/c1=C(\O)c1ccccc1)c1ccccc1c3=O. The van der Waals surface area contributed by atoms with Crippen LogP contribution in [0.15, 0.2) is 82.4 Å². The van der Waals surface area contributed by atoms with Crippen molar-refractivity contribution in [2.75, 3.05) is 0 Å². The summed E-state index contributed by atoms with van der Waals surface area (Å²) in [5.74, 6) is -0.135. The lowest BCUT2D eigenvalue weighted by Crippen LogP contribution is -2.32. The standard InChI is InChI=1S/C23H13NO3/c25-21(13-7-2-1-3-8-13)20-19-14-9-4-5-10-15(14)22(26)16-11-6-12-17(18(16)19)24-23(20)27/h1-12,25H/b21-20+. The number of hydrogen-bond acceptors (Lipinski definition) is 4. The van der Waals surface area contributed by atoms with E-state index in [1.54, 1.807) is 60.7 Å². The summed E-state index contributed by atoms with van der Waals surface area (Å²) in [5, 5.41) is 13.9. The van der Waals surface area contributed by atoms with Gasteiger partial charge in [-0.1, -0.05) is 66.7 Å². The second-order valence-electron chi connectivity index (χ2n) is 6.46. The van der Waals surface area contributed by atoms with Crippen molar-refractivity contribution in [3.05, 3.63) is 115 Å². The summed E-state index contributed by atoms with van der Waals surface area (Å²) < 4.78 is 0. The van der Waals surface area contributed by atoms with Crippen molar-refractivity contribution in [3.8, 4) is 0 Å². The van der Waals surface area contributed by atoms with Gasteiger partial charge < -0.3 is 5.11 Å². The van der Waals surface area contributed by atoms with Crippen LogP contribution in [0.4, 0.5) is 0 Å². The Morgan fingerprint density at radius 3 is 2.15 bits per heavy atom. The number of nitrogens with zero attached hydrogens (tertiary/aromatic N) is 1. The summed E-state index contributed by atoms with van der Waals surface area (Å²) in [5.41, 5.74) is 0.369. The molecular weight excluding hydrogens is 338 g/mol. The van der Waals surface area contributed by atoms with Crippen LogP contribution >= 0.6 is 0 Å². The molecule has 1 N–H and O–H groups in total. The second kappa shape index (κ2) is 5.61. The van der Waals surface area contributed by atoms with Gasteiger partial charge >= 0.3 is 0 Å². The monoisotopic (exact) mass is 351 g/mol. The lowest BCUT2D eigenvalue weighted by atomic mass is 9.98. The van der Waals surface area contributed by atoms with E-state index in [9.17, 15) is 14.7 Å². The van der Waals surface area contributed by atoms with Crippen LogP contribution in [-0.2, 0) is 0 Å². The van der Waals surface area contributed by atoms with E-state index in [4.69, 9.17) is 0 Å². The summed E-state index contributed by atoms with van der Waals surface area (Å²) >= 11 is 0. The summed E-state index contributed by atoms with van der Waals surface area (Å²) in [4.78, 5) is 30.0. The minimum atomic E-state index is -0.514. The Morgan fingerprint density at radius 2 is 1.37 bits per heavy atom. The van der Waals surface area contributed by atoms with Gasteiger partial charge in [0.25, 0.3) is 5.56 Å². The first kappa shape index (κ1) is 15.5. The van der Waals surface area contributed by atoms with Crippen LogP contribution in [0.5, 0.6) is 0 Å². The minimum absolute atomic E-state index is 0.103. The zero-order valence-corrected chi connectivity index (χ0v) is 14.1. The lowest BCUT2D eigenvalue weighted by molar-refractivity contribution is 0.506. The van der Waals surface area contributed by atoms with E-state index in [1.165, 1.54) is 0 Å². The van der Waals surface area contributed by atoms with Crippen LogP contribution in [0.1, 0.15) is 5.56 Å². The molecule has 4 heteroatoms. The highest BCUT2D eigenvalue weighted by Crippen LogP contribution is 2.18. The van der Waals surface area contributed by atoms with Crippen molar-refractivity contribution in [3.63, 3.8) is 0 Å². The van der Waals surface area contributed by atoms with E-state index in [0.717, 1.165) is 0 Å². The molecule has 128 valence electrons. The topological polar surface area (TPSA) is 67.3 Å². The van der Waals surface area contributed by atoms with E-state index in [0.29, 0.717) is 37.7 Å². The Hall–Kier alpha value is -3.79. The molecule has 1 aliphatic carbocycles. The van der Waals surface area contributed by atoms with Crippen LogP contribution in [0, 0.1) is 10.4 Å². The van der Waals surface area contributed by atoms with Gasteiger partial charge in [-0.25, -0.2) is 4.98 Å². The molecule has 0 spiro atoms. The number of aromatic nitrogens is 1. The van der Waals surface area contributed by atoms with E-state index in [-0.39, 0.29) is 16.4 Å². The van der Waals surface area contributed by atoms with Crippen molar-refractivity contribution in [2.24, 2.45) is 0 Å². The third-order valence-electron chi connectivity index (χ3n) is 4.95. The molecule has 2 aliphatic rings. The molecule has 3 aromatic rings. The third-order valence-corrected chi connectivity index (χ3v) is 4.95. The predicted octanol–water partition coefficient (Wildman–Crippen LogP) is 2.70. The molecule has 4 nitrogen and oxygen atoms in total. The Kier molecular flexibility index (Phi) is 3.21. The summed E-state index contributed by atoms with van der Waals surface area (Å²) in [6, 6.07) is 21.2. The van der Waals surface area contributed by atoms with Crippen LogP contribution in [0.25, 0.3) is 27.4 Å². The molecule has 0 unspecified atom stereocenters. The molecule has 0 fully saturated rings. The highest BCUT2D eigenvalue weighted by Gasteiger charge is 2.15. The summed E-state index contributed by atoms with van der Waals surface area (Å²) in [6.07, 6.45) is 0. The molecule has 0 bridgehead atoms. The van der Waals surface area contributed by atoms with Crippen LogP contribution < -0.4 is 16.2 Å². The van der Waals surface area contributed by atoms with E-state index < -0.39 is 5.56 Å². The average molecular weight is 351 g/mol. The largest absolute Gasteiger partial charge is 0.506 e. The Labute approximate surface area is 152 Å². The molecule has 5 rings (SSSR count). The summed E-state index contributed by atoms with van der Waals surface area (Å²) in [7, 11) is 0. The molecule has 1 heterocycles. The van der Waals surface area contributed by atoms with E-state index in [2.05, 4.69) is 4.98 Å². The average Bonchev–Trinajstić information content (AvgIpc) is 2.71. The molecule has 27 heavy (non-hydrogen) atoms. The van der Waals surface area contributed by atoms with Crippen molar-refractivity contribution >= 4 is 27.4 Å². The fourth-order valence-corrected chi connectivity index (χ4v) is 3.76. The highest BCUT2D eigenvalue weighted by atomic mass is 16.3. The molecule has 0 amide bonds. The number of aliphatic hydroxyl groups excluding tert-OH is 1. The zero-order valence-electron chi connectivity index (χ0n) is 14.1. The Bertz CT molecular complexity index is 1560. The fourth-order valence-electron chi connectivity index (χ4n) is 3.76. The highest BCUT2D eigenvalue weighted by molar-refractivity contribution is 5.90. The first-order valence-corrected chi connectivity index (χ1v) is 8.56. The second-order valence-corrected chi connectivity index (χ2v) is 6.46. The smallest absolute Gasteiger partial charge is 0.281 e. The number of aliphatic hydroxyl groups is 1. The molecule has 1 aliphatic heterocycles. The van der Waals surface area contributed by atoms with Crippen LogP contribution in [-0.4, -0.2) is 10.1 Å². The van der Waals surface area contributed by atoms with Gasteiger partial charge in [0.15, 0.2) is 5.43 Å². The van der Waals surface area contributed by atoms with Gasteiger partial charge in [-0.2, -0.15) is 0 Å². The predicted molar refractivity (Wildman–Crippen MR) is 105 cm³/mol. The van der Waals surface area contributed by atoms with Gasteiger partial charge in [-0.15, -0.1) is 0 Å². The maximum atomic E-state index is 13.0. The number of rotatable bonds is 1. The first-order chi connectivity index (χ1) is 13.2. The maximum absolute atomic E-state index is 13.0. The number of benzene rings is 3. The quantitative estimate of drug-likeness (QED) is 0.504. The third kappa shape index (κ3) is 2.13. The molecule has 0 aromatic heterocycles. The minimum Gasteiger partial charge on any atom is -0.506 e. The molecule has 0 atom stereocenters. The van der Waals surface area contributed by atoms with E-state index in [1.807, 2.05) is 12.1 Å². The van der Waals surface area contributed by atoms with Gasteiger partial charge in [0, 0.05) is 26.8 Å². The van der Waals surface area contributed by atoms with Crippen LogP contribution in [0.3, 0.4) is 0 Å². The number of fused-ring (bicyclic) bond motifs is 2. The van der Waals surface area contributed by atoms with Crippen molar-refractivity contribution in [2.45, 2.75) is 0 Å². The van der Waals surface area contributed by atoms with Crippen LogP contribution in [0.2, 0.25) is 0 Å². The Balaban J connectivity index is 2.26. The fraction of sp³-hybridized carbons (Fsp3) is 0. The number of hydrogen-bond donors (Lipinski definition) is 1. The van der Waals surface area contributed by atoms with Gasteiger partial charge in [0.2, 0.25) is 0 Å². The van der Waals surface area contributed by atoms with Crippen molar-refractivity contribution in [1.29, 1.82) is 0 Å².